The maximum absolute atomic E-state index is 12.1. The van der Waals surface area contributed by atoms with Crippen LogP contribution >= 0.6 is 0 Å². The fourth-order valence-corrected chi connectivity index (χ4v) is 2.32. The summed E-state index contributed by atoms with van der Waals surface area (Å²) in [5.41, 5.74) is 7.09. The van der Waals surface area contributed by atoms with Gasteiger partial charge in [0.05, 0.1) is 24.2 Å². The number of amides is 1. The van der Waals surface area contributed by atoms with Gasteiger partial charge in [0.25, 0.3) is 5.91 Å². The second-order valence-electron chi connectivity index (χ2n) is 4.91. The summed E-state index contributed by atoms with van der Waals surface area (Å²) in [7, 11) is 0. The Labute approximate surface area is 122 Å². The van der Waals surface area contributed by atoms with Gasteiger partial charge in [-0.05, 0) is 37.1 Å². The first-order valence-electron chi connectivity index (χ1n) is 6.89. The number of rotatable bonds is 4. The minimum atomic E-state index is -0.411. The molecule has 0 radical (unpaired) electrons. The maximum atomic E-state index is 12.1. The Morgan fingerprint density at radius 3 is 2.62 bits per heavy atom. The van der Waals surface area contributed by atoms with Gasteiger partial charge in [-0.2, -0.15) is 15.0 Å². The first kappa shape index (κ1) is 13.7. The topological polar surface area (TPSA) is 95.1 Å². The molecule has 2 heterocycles. The van der Waals surface area contributed by atoms with Gasteiger partial charge in [-0.15, -0.1) is 0 Å². The molecule has 0 spiro atoms. The predicted octanol–water partition coefficient (Wildman–Crippen LogP) is 0.712. The van der Waals surface area contributed by atoms with Crippen molar-refractivity contribution >= 4 is 11.6 Å². The van der Waals surface area contributed by atoms with Gasteiger partial charge in [-0.25, -0.2) is 0 Å². The van der Waals surface area contributed by atoms with Crippen LogP contribution < -0.4 is 11.1 Å². The lowest BCUT2D eigenvalue weighted by Crippen LogP contribution is -2.29. The second kappa shape index (κ2) is 6.02. The van der Waals surface area contributed by atoms with E-state index in [9.17, 15) is 4.79 Å². The number of carbonyl (C=O) groups excluding carboxylic acids is 1. The van der Waals surface area contributed by atoms with Gasteiger partial charge in [0, 0.05) is 12.2 Å². The highest BCUT2D eigenvalue weighted by Gasteiger charge is 2.29. The Morgan fingerprint density at radius 1 is 1.29 bits per heavy atom. The van der Waals surface area contributed by atoms with Crippen molar-refractivity contribution in [2.45, 2.75) is 25.0 Å². The van der Waals surface area contributed by atoms with Crippen LogP contribution in [0.25, 0.3) is 5.69 Å². The minimum absolute atomic E-state index is 0.00554. The van der Waals surface area contributed by atoms with E-state index < -0.39 is 6.10 Å². The summed E-state index contributed by atoms with van der Waals surface area (Å²) >= 11 is 0. The van der Waals surface area contributed by atoms with E-state index in [0.29, 0.717) is 13.0 Å². The lowest BCUT2D eigenvalue weighted by atomic mass is 10.2. The monoisotopic (exact) mass is 287 g/mol. The van der Waals surface area contributed by atoms with E-state index in [0.717, 1.165) is 17.8 Å². The van der Waals surface area contributed by atoms with Crippen LogP contribution in [-0.4, -0.2) is 39.7 Å². The largest absolute Gasteiger partial charge is 0.364 e. The highest BCUT2D eigenvalue weighted by atomic mass is 16.5. The Kier molecular flexibility index (Phi) is 3.94. The molecule has 0 aliphatic carbocycles. The third-order valence-electron chi connectivity index (χ3n) is 3.45. The standard InChI is InChI=1S/C14H17N5O2/c15-9-12-5-6-13(21-12)14(20)18-10-1-3-11(4-2-10)19-16-7-8-17-19/h1-4,7-8,12-13H,5-6,9,15H2,(H,18,20)/t12-,13+/m1/s1. The zero-order valence-electron chi connectivity index (χ0n) is 11.5. The van der Waals surface area contributed by atoms with Crippen LogP contribution in [-0.2, 0) is 9.53 Å². The van der Waals surface area contributed by atoms with E-state index >= 15 is 0 Å². The number of hydrogen-bond acceptors (Lipinski definition) is 5. The van der Waals surface area contributed by atoms with Crippen molar-refractivity contribution in [2.75, 3.05) is 11.9 Å². The van der Waals surface area contributed by atoms with Gasteiger partial charge in [0.1, 0.15) is 6.10 Å². The summed E-state index contributed by atoms with van der Waals surface area (Å²) in [4.78, 5) is 13.6. The number of nitrogens with zero attached hydrogens (tertiary/aromatic N) is 3. The molecule has 0 saturated carbocycles. The number of anilines is 1. The van der Waals surface area contributed by atoms with Crippen molar-refractivity contribution in [1.29, 1.82) is 0 Å². The first-order chi connectivity index (χ1) is 10.3. The maximum Gasteiger partial charge on any atom is 0.253 e. The lowest BCUT2D eigenvalue weighted by molar-refractivity contribution is -0.126. The number of nitrogens with two attached hydrogens (primary N) is 1. The van der Waals surface area contributed by atoms with Crippen LogP contribution in [0.4, 0.5) is 5.69 Å². The third-order valence-corrected chi connectivity index (χ3v) is 3.45. The summed E-state index contributed by atoms with van der Waals surface area (Å²) in [5, 5.41) is 10.9. The molecule has 0 bridgehead atoms. The van der Waals surface area contributed by atoms with E-state index in [-0.39, 0.29) is 12.0 Å². The first-order valence-corrected chi connectivity index (χ1v) is 6.89. The molecular formula is C14H17N5O2. The summed E-state index contributed by atoms with van der Waals surface area (Å²) in [6.45, 7) is 0.454. The number of aromatic nitrogens is 3. The van der Waals surface area contributed by atoms with Crippen LogP contribution in [0, 0.1) is 0 Å². The van der Waals surface area contributed by atoms with Gasteiger partial charge in [0.2, 0.25) is 0 Å². The fourth-order valence-electron chi connectivity index (χ4n) is 2.32. The summed E-state index contributed by atoms with van der Waals surface area (Å²) in [5.74, 6) is -0.129. The molecule has 7 heteroatoms. The molecule has 21 heavy (non-hydrogen) atoms. The lowest BCUT2D eigenvalue weighted by Gasteiger charge is -2.12. The van der Waals surface area contributed by atoms with E-state index in [1.165, 1.54) is 4.80 Å². The zero-order valence-corrected chi connectivity index (χ0v) is 11.5. The second-order valence-corrected chi connectivity index (χ2v) is 4.91. The normalized spacial score (nSPS) is 21.4. The molecule has 110 valence electrons. The Morgan fingerprint density at radius 2 is 2.00 bits per heavy atom. The zero-order chi connectivity index (χ0) is 14.7. The summed E-state index contributed by atoms with van der Waals surface area (Å²) in [6, 6.07) is 7.31. The van der Waals surface area contributed by atoms with Crippen LogP contribution in [0.2, 0.25) is 0 Å². The van der Waals surface area contributed by atoms with Crippen LogP contribution in [0.1, 0.15) is 12.8 Å². The third kappa shape index (κ3) is 3.09. The molecular weight excluding hydrogens is 270 g/mol. The summed E-state index contributed by atoms with van der Waals surface area (Å²) in [6.07, 6.45) is 4.35. The number of hydrogen-bond donors (Lipinski definition) is 2. The highest BCUT2D eigenvalue weighted by molar-refractivity contribution is 5.94. The molecule has 0 unspecified atom stereocenters. The van der Waals surface area contributed by atoms with Crippen molar-refractivity contribution in [1.82, 2.24) is 15.0 Å². The van der Waals surface area contributed by atoms with E-state index in [2.05, 4.69) is 15.5 Å². The Bertz CT molecular complexity index is 596. The highest BCUT2D eigenvalue weighted by Crippen LogP contribution is 2.20. The molecule has 3 N–H and O–H groups in total. The van der Waals surface area contributed by atoms with Gasteiger partial charge in [0.15, 0.2) is 0 Å². The SMILES string of the molecule is NC[C@H]1CC[C@@H](C(=O)Nc2ccc(-n3nccn3)cc2)O1. The number of ether oxygens (including phenoxy) is 1. The van der Waals surface area contributed by atoms with Crippen LogP contribution in [0.3, 0.4) is 0 Å². The molecule has 1 amide bonds. The Hall–Kier alpha value is -2.25. The molecule has 1 aromatic heterocycles. The Balaban J connectivity index is 1.62. The predicted molar refractivity (Wildman–Crippen MR) is 76.9 cm³/mol. The molecule has 2 aromatic rings. The van der Waals surface area contributed by atoms with Crippen LogP contribution in [0.15, 0.2) is 36.7 Å². The average molecular weight is 287 g/mol. The van der Waals surface area contributed by atoms with E-state index in [1.807, 2.05) is 24.3 Å². The van der Waals surface area contributed by atoms with Gasteiger partial charge in [-0.3, -0.25) is 4.79 Å². The smallest absolute Gasteiger partial charge is 0.253 e. The number of carbonyl (C=O) groups is 1. The van der Waals surface area contributed by atoms with Crippen molar-refractivity contribution in [3.05, 3.63) is 36.7 Å². The molecule has 3 rings (SSSR count). The molecule has 2 atom stereocenters. The number of nitrogens with one attached hydrogen (secondary N) is 1. The molecule has 1 aliphatic heterocycles. The minimum Gasteiger partial charge on any atom is -0.364 e. The molecule has 1 fully saturated rings. The quantitative estimate of drug-likeness (QED) is 0.863. The van der Waals surface area contributed by atoms with E-state index in [1.54, 1.807) is 12.4 Å². The molecule has 1 aliphatic rings. The van der Waals surface area contributed by atoms with Gasteiger partial charge in [-0.1, -0.05) is 0 Å². The number of benzene rings is 1. The molecule has 7 nitrogen and oxygen atoms in total. The average Bonchev–Trinajstić information content (AvgIpc) is 3.19. The fraction of sp³-hybridized carbons (Fsp3) is 0.357. The molecule has 1 aromatic carbocycles. The van der Waals surface area contributed by atoms with Gasteiger partial charge < -0.3 is 15.8 Å². The van der Waals surface area contributed by atoms with Crippen molar-refractivity contribution in [3.8, 4) is 5.69 Å². The van der Waals surface area contributed by atoms with Gasteiger partial charge >= 0.3 is 0 Å². The van der Waals surface area contributed by atoms with Crippen molar-refractivity contribution in [2.24, 2.45) is 5.73 Å². The summed E-state index contributed by atoms with van der Waals surface area (Å²) < 4.78 is 5.57. The van der Waals surface area contributed by atoms with Crippen molar-refractivity contribution in [3.63, 3.8) is 0 Å². The molecule has 1 saturated heterocycles. The van der Waals surface area contributed by atoms with E-state index in [4.69, 9.17) is 10.5 Å². The van der Waals surface area contributed by atoms with Crippen molar-refractivity contribution < 1.29 is 9.53 Å². The van der Waals surface area contributed by atoms with Crippen LogP contribution in [0.5, 0.6) is 0 Å².